The van der Waals surface area contributed by atoms with Gasteiger partial charge in [0.15, 0.2) is 0 Å². The smallest absolute Gasteiger partial charge is 0.254 e. The van der Waals surface area contributed by atoms with Crippen molar-refractivity contribution in [2.24, 2.45) is 5.73 Å². The minimum absolute atomic E-state index is 0.182. The van der Waals surface area contributed by atoms with Crippen molar-refractivity contribution in [1.29, 1.82) is 0 Å². The van der Waals surface area contributed by atoms with Crippen LogP contribution in [0.4, 0.5) is 0 Å². The van der Waals surface area contributed by atoms with Crippen LogP contribution in [0.5, 0.6) is 0 Å². The van der Waals surface area contributed by atoms with E-state index in [1.807, 2.05) is 38.1 Å². The van der Waals surface area contributed by atoms with E-state index in [0.717, 1.165) is 5.56 Å². The molecule has 0 atom stereocenters. The molecule has 0 aliphatic heterocycles. The molecule has 1 amide bonds. The average molecular weight is 307 g/mol. The van der Waals surface area contributed by atoms with E-state index >= 15 is 0 Å². The fraction of sp³-hybridized carbons (Fsp3) is 0.312. The Balaban J connectivity index is 2.04. The summed E-state index contributed by atoms with van der Waals surface area (Å²) in [5.41, 5.74) is 6.67. The van der Waals surface area contributed by atoms with E-state index in [1.165, 1.54) is 6.26 Å². The van der Waals surface area contributed by atoms with Crippen LogP contribution in [0.2, 0.25) is 5.02 Å². The van der Waals surface area contributed by atoms with Gasteiger partial charge in [-0.2, -0.15) is 0 Å². The van der Waals surface area contributed by atoms with Crippen LogP contribution in [0, 0.1) is 0 Å². The van der Waals surface area contributed by atoms with Gasteiger partial charge in [0.2, 0.25) is 0 Å². The monoisotopic (exact) mass is 306 g/mol. The zero-order valence-electron chi connectivity index (χ0n) is 12.2. The van der Waals surface area contributed by atoms with Gasteiger partial charge in [-0.15, -0.1) is 0 Å². The van der Waals surface area contributed by atoms with Gasteiger partial charge in [0.05, 0.1) is 12.1 Å². The Bertz CT molecular complexity index is 635. The van der Waals surface area contributed by atoms with Crippen LogP contribution >= 0.6 is 11.6 Å². The van der Waals surface area contributed by atoms with Crippen molar-refractivity contribution in [3.05, 3.63) is 58.5 Å². The second-order valence-electron chi connectivity index (χ2n) is 5.55. The van der Waals surface area contributed by atoms with Crippen LogP contribution in [-0.4, -0.2) is 12.5 Å². The molecule has 0 spiro atoms. The standard InChI is InChI=1S/C16H19ClN2O2/c1-16(2,13-5-3-4-6-14(13)17)10-19-15(20)11-7-12(8-18)21-9-11/h3-7,9H,8,10,18H2,1-2H3,(H,19,20). The van der Waals surface area contributed by atoms with Crippen LogP contribution < -0.4 is 11.1 Å². The first-order valence-corrected chi connectivity index (χ1v) is 7.12. The Hall–Kier alpha value is -1.78. The van der Waals surface area contributed by atoms with Crippen LogP contribution in [0.25, 0.3) is 0 Å². The first-order valence-electron chi connectivity index (χ1n) is 6.75. The van der Waals surface area contributed by atoms with E-state index in [9.17, 15) is 4.79 Å². The highest BCUT2D eigenvalue weighted by atomic mass is 35.5. The summed E-state index contributed by atoms with van der Waals surface area (Å²) in [6, 6.07) is 9.30. The Morgan fingerprint density at radius 1 is 1.38 bits per heavy atom. The molecule has 0 bridgehead atoms. The number of halogens is 1. The molecule has 0 fully saturated rings. The lowest BCUT2D eigenvalue weighted by atomic mass is 9.84. The lowest BCUT2D eigenvalue weighted by Gasteiger charge is -2.26. The number of hydrogen-bond donors (Lipinski definition) is 2. The van der Waals surface area contributed by atoms with Gasteiger partial charge in [-0.05, 0) is 17.7 Å². The van der Waals surface area contributed by atoms with Crippen molar-refractivity contribution >= 4 is 17.5 Å². The van der Waals surface area contributed by atoms with Gasteiger partial charge in [-0.25, -0.2) is 0 Å². The summed E-state index contributed by atoms with van der Waals surface area (Å²) in [5, 5.41) is 3.60. The van der Waals surface area contributed by atoms with Crippen LogP contribution in [0.15, 0.2) is 41.0 Å². The van der Waals surface area contributed by atoms with Crippen molar-refractivity contribution in [1.82, 2.24) is 5.32 Å². The SMILES string of the molecule is CC(C)(CNC(=O)c1coc(CN)c1)c1ccccc1Cl. The van der Waals surface area contributed by atoms with Gasteiger partial charge in [-0.3, -0.25) is 4.79 Å². The topological polar surface area (TPSA) is 68.3 Å². The number of carbonyl (C=O) groups excluding carboxylic acids is 1. The van der Waals surface area contributed by atoms with E-state index in [0.29, 0.717) is 22.9 Å². The number of hydrogen-bond acceptors (Lipinski definition) is 3. The first-order chi connectivity index (χ1) is 9.94. The summed E-state index contributed by atoms with van der Waals surface area (Å²) in [4.78, 5) is 12.1. The molecule has 0 unspecified atom stereocenters. The number of carbonyl (C=O) groups is 1. The van der Waals surface area contributed by atoms with E-state index in [4.69, 9.17) is 21.8 Å². The van der Waals surface area contributed by atoms with Gasteiger partial charge in [-0.1, -0.05) is 43.6 Å². The second kappa shape index (κ2) is 6.33. The largest absolute Gasteiger partial charge is 0.467 e. The van der Waals surface area contributed by atoms with Gasteiger partial charge < -0.3 is 15.5 Å². The highest BCUT2D eigenvalue weighted by Gasteiger charge is 2.24. The fourth-order valence-corrected chi connectivity index (χ4v) is 2.51. The lowest BCUT2D eigenvalue weighted by Crippen LogP contribution is -2.36. The molecule has 5 heteroatoms. The first kappa shape index (κ1) is 15.6. The molecule has 1 heterocycles. The zero-order valence-corrected chi connectivity index (χ0v) is 12.9. The number of benzene rings is 1. The van der Waals surface area contributed by atoms with Crippen molar-refractivity contribution in [3.63, 3.8) is 0 Å². The predicted molar refractivity (Wildman–Crippen MR) is 83.4 cm³/mol. The molecule has 3 N–H and O–H groups in total. The van der Waals surface area contributed by atoms with Gasteiger partial charge in [0.1, 0.15) is 12.0 Å². The molecule has 0 aliphatic rings. The Kier molecular flexibility index (Phi) is 4.70. The van der Waals surface area contributed by atoms with E-state index in [-0.39, 0.29) is 17.9 Å². The zero-order chi connectivity index (χ0) is 15.5. The summed E-state index contributed by atoms with van der Waals surface area (Å²) in [6.45, 7) is 4.82. The summed E-state index contributed by atoms with van der Waals surface area (Å²) < 4.78 is 5.16. The van der Waals surface area contributed by atoms with Crippen molar-refractivity contribution < 1.29 is 9.21 Å². The third-order valence-electron chi connectivity index (χ3n) is 3.41. The molecule has 0 saturated carbocycles. The molecule has 1 aromatic heterocycles. The molecular weight excluding hydrogens is 288 g/mol. The quantitative estimate of drug-likeness (QED) is 0.892. The molecule has 112 valence electrons. The maximum Gasteiger partial charge on any atom is 0.254 e. The Morgan fingerprint density at radius 2 is 2.10 bits per heavy atom. The van der Waals surface area contributed by atoms with Crippen molar-refractivity contribution in [2.45, 2.75) is 25.8 Å². The summed E-state index contributed by atoms with van der Waals surface area (Å²) in [5.74, 6) is 0.407. The average Bonchev–Trinajstić information content (AvgIpc) is 2.94. The number of amides is 1. The maximum absolute atomic E-state index is 12.1. The highest BCUT2D eigenvalue weighted by molar-refractivity contribution is 6.31. The summed E-state index contributed by atoms with van der Waals surface area (Å²) in [6.07, 6.45) is 1.42. The normalized spacial score (nSPS) is 11.4. The third kappa shape index (κ3) is 3.65. The second-order valence-corrected chi connectivity index (χ2v) is 5.96. The lowest BCUT2D eigenvalue weighted by molar-refractivity contribution is 0.0945. The van der Waals surface area contributed by atoms with Gasteiger partial charge in [0, 0.05) is 17.0 Å². The molecular formula is C16H19ClN2O2. The van der Waals surface area contributed by atoms with E-state index in [2.05, 4.69) is 5.32 Å². The van der Waals surface area contributed by atoms with Crippen molar-refractivity contribution in [3.8, 4) is 0 Å². The number of furan rings is 1. The molecule has 0 aliphatic carbocycles. The molecule has 4 nitrogen and oxygen atoms in total. The maximum atomic E-state index is 12.1. The van der Waals surface area contributed by atoms with Crippen molar-refractivity contribution in [2.75, 3.05) is 6.54 Å². The van der Waals surface area contributed by atoms with Gasteiger partial charge >= 0.3 is 0 Å². The minimum atomic E-state index is -0.269. The Labute approximate surface area is 129 Å². The van der Waals surface area contributed by atoms with Crippen LogP contribution in [0.3, 0.4) is 0 Å². The number of nitrogens with two attached hydrogens (primary N) is 1. The third-order valence-corrected chi connectivity index (χ3v) is 3.74. The molecule has 2 rings (SSSR count). The summed E-state index contributed by atoms with van der Waals surface area (Å²) in [7, 11) is 0. The van der Waals surface area contributed by atoms with Crippen LogP contribution in [0.1, 0.15) is 35.5 Å². The molecule has 0 saturated heterocycles. The van der Waals surface area contributed by atoms with Crippen LogP contribution in [-0.2, 0) is 12.0 Å². The minimum Gasteiger partial charge on any atom is -0.467 e. The van der Waals surface area contributed by atoms with E-state index < -0.39 is 0 Å². The van der Waals surface area contributed by atoms with Gasteiger partial charge in [0.25, 0.3) is 5.91 Å². The number of rotatable bonds is 5. The van der Waals surface area contributed by atoms with E-state index in [1.54, 1.807) is 6.07 Å². The predicted octanol–water partition coefficient (Wildman–Crippen LogP) is 3.10. The highest BCUT2D eigenvalue weighted by Crippen LogP contribution is 2.29. The number of nitrogens with one attached hydrogen (secondary N) is 1. The summed E-state index contributed by atoms with van der Waals surface area (Å²) >= 11 is 6.22. The molecule has 1 aromatic carbocycles. The molecule has 21 heavy (non-hydrogen) atoms. The molecule has 2 aromatic rings. The Morgan fingerprint density at radius 3 is 2.71 bits per heavy atom. The fourth-order valence-electron chi connectivity index (χ4n) is 2.12. The molecule has 0 radical (unpaired) electrons.